The minimum Gasteiger partial charge on any atom is -0.218 e. The average Bonchev–Trinajstić information content (AvgIpc) is 2.28. The topological polar surface area (TPSA) is 71.5 Å². The molecule has 0 heterocycles. The number of rotatable bonds is 4. The molecule has 0 saturated heterocycles. The van der Waals surface area contributed by atoms with Crippen LogP contribution >= 0.6 is 0 Å². The van der Waals surface area contributed by atoms with E-state index >= 15 is 0 Å². The molecule has 1 aromatic carbocycles. The third-order valence-electron chi connectivity index (χ3n) is 2.17. The minimum atomic E-state index is -4.70. The second-order valence-corrected chi connectivity index (χ2v) is 7.63. The summed E-state index contributed by atoms with van der Waals surface area (Å²) in [4.78, 5) is -0.782. The predicted molar refractivity (Wildman–Crippen MR) is 60.5 cm³/mol. The van der Waals surface area contributed by atoms with Gasteiger partial charge in [-0.15, -0.1) is 0 Å². The second kappa shape index (κ2) is 4.90. The fourth-order valence-electron chi connectivity index (χ4n) is 1.11. The number of sulfone groups is 1. The third kappa shape index (κ3) is 2.68. The van der Waals surface area contributed by atoms with Crippen LogP contribution in [0, 0.1) is 0 Å². The van der Waals surface area contributed by atoms with Crippen molar-refractivity contribution >= 4 is 19.9 Å². The SMILES string of the molecule is CN(C)S(=O)(=O)c1ccc(S(=O)(=O)C(F)F)cc1. The molecule has 0 aromatic heterocycles. The second-order valence-electron chi connectivity index (χ2n) is 3.56. The number of hydrogen-bond acceptors (Lipinski definition) is 4. The summed E-state index contributed by atoms with van der Waals surface area (Å²) in [6, 6.07) is 3.64. The Labute approximate surface area is 104 Å². The van der Waals surface area contributed by atoms with Crippen molar-refractivity contribution in [2.45, 2.75) is 15.5 Å². The standard InChI is InChI=1S/C9H11F2NO4S2/c1-12(2)18(15,16)8-5-3-7(4-6-8)17(13,14)9(10)11/h3-6,9H,1-2H3. The molecular formula is C9H11F2NO4S2. The average molecular weight is 299 g/mol. The Bertz CT molecular complexity index is 564. The van der Waals surface area contributed by atoms with Crippen LogP contribution in [0.1, 0.15) is 0 Å². The molecule has 5 nitrogen and oxygen atoms in total. The van der Waals surface area contributed by atoms with Crippen molar-refractivity contribution in [3.05, 3.63) is 24.3 Å². The number of hydrogen-bond donors (Lipinski definition) is 0. The van der Waals surface area contributed by atoms with Gasteiger partial charge in [0.25, 0.3) is 0 Å². The molecule has 9 heteroatoms. The summed E-state index contributed by atoms with van der Waals surface area (Å²) in [5.74, 6) is -3.53. The summed E-state index contributed by atoms with van der Waals surface area (Å²) in [6.45, 7) is 0. The number of nitrogens with zero attached hydrogens (tertiary/aromatic N) is 1. The van der Waals surface area contributed by atoms with Gasteiger partial charge in [-0.05, 0) is 24.3 Å². The van der Waals surface area contributed by atoms with E-state index in [9.17, 15) is 25.6 Å². The van der Waals surface area contributed by atoms with Gasteiger partial charge in [-0.3, -0.25) is 0 Å². The van der Waals surface area contributed by atoms with Gasteiger partial charge in [0.05, 0.1) is 9.79 Å². The number of halogens is 2. The highest BCUT2D eigenvalue weighted by Gasteiger charge is 2.27. The normalized spacial score (nSPS) is 13.2. The highest BCUT2D eigenvalue weighted by atomic mass is 32.2. The van der Waals surface area contributed by atoms with Gasteiger partial charge in [0.15, 0.2) is 0 Å². The molecule has 0 atom stereocenters. The Balaban J connectivity index is 3.25. The number of alkyl halides is 2. The lowest BCUT2D eigenvalue weighted by Crippen LogP contribution is -2.22. The first-order valence-electron chi connectivity index (χ1n) is 4.65. The zero-order chi connectivity index (χ0) is 14.1. The summed E-state index contributed by atoms with van der Waals surface area (Å²) in [7, 11) is -5.80. The summed E-state index contributed by atoms with van der Waals surface area (Å²) in [6.07, 6.45) is 0. The van der Waals surface area contributed by atoms with Crippen LogP contribution in [-0.2, 0) is 19.9 Å². The van der Waals surface area contributed by atoms with E-state index in [-0.39, 0.29) is 4.90 Å². The van der Waals surface area contributed by atoms with Crippen LogP contribution in [0.15, 0.2) is 34.1 Å². The molecule has 0 aliphatic rings. The molecular weight excluding hydrogens is 288 g/mol. The maximum Gasteiger partial charge on any atom is 0.341 e. The molecule has 1 rings (SSSR count). The predicted octanol–water partition coefficient (Wildman–Crippen LogP) is 0.933. The third-order valence-corrected chi connectivity index (χ3v) is 5.39. The van der Waals surface area contributed by atoms with Crippen LogP contribution < -0.4 is 0 Å². The molecule has 0 saturated carbocycles. The van der Waals surface area contributed by atoms with Crippen molar-refractivity contribution in [2.75, 3.05) is 14.1 Å². The zero-order valence-electron chi connectivity index (χ0n) is 9.54. The first-order chi connectivity index (χ1) is 8.10. The van der Waals surface area contributed by atoms with E-state index in [2.05, 4.69) is 0 Å². The summed E-state index contributed by atoms with van der Waals surface area (Å²) >= 11 is 0. The summed E-state index contributed by atoms with van der Waals surface area (Å²) in [5.41, 5.74) is 0. The van der Waals surface area contributed by atoms with E-state index in [0.717, 1.165) is 28.6 Å². The highest BCUT2D eigenvalue weighted by molar-refractivity contribution is 7.91. The van der Waals surface area contributed by atoms with Gasteiger partial charge in [0.1, 0.15) is 0 Å². The largest absolute Gasteiger partial charge is 0.341 e. The first kappa shape index (κ1) is 15.0. The number of sulfonamides is 1. The van der Waals surface area contributed by atoms with E-state index in [1.807, 2.05) is 0 Å². The van der Waals surface area contributed by atoms with Crippen molar-refractivity contribution in [3.8, 4) is 0 Å². The first-order valence-corrected chi connectivity index (χ1v) is 7.63. The monoisotopic (exact) mass is 299 g/mol. The summed E-state index contributed by atoms with van der Waals surface area (Å²) in [5, 5.41) is 0. The van der Waals surface area contributed by atoms with Crippen LogP contribution in [0.5, 0.6) is 0 Å². The van der Waals surface area contributed by atoms with Gasteiger partial charge in [-0.1, -0.05) is 0 Å². The van der Waals surface area contributed by atoms with E-state index < -0.39 is 30.5 Å². The van der Waals surface area contributed by atoms with E-state index in [0.29, 0.717) is 0 Å². The molecule has 0 spiro atoms. The zero-order valence-corrected chi connectivity index (χ0v) is 11.2. The quantitative estimate of drug-likeness (QED) is 0.829. The van der Waals surface area contributed by atoms with Crippen molar-refractivity contribution in [1.82, 2.24) is 4.31 Å². The molecule has 0 N–H and O–H groups in total. The fourth-order valence-corrected chi connectivity index (χ4v) is 2.74. The maximum atomic E-state index is 12.2. The van der Waals surface area contributed by atoms with Crippen LogP contribution in [-0.4, -0.2) is 41.0 Å². The van der Waals surface area contributed by atoms with E-state index in [4.69, 9.17) is 0 Å². The van der Waals surface area contributed by atoms with Crippen molar-refractivity contribution in [2.24, 2.45) is 0 Å². The molecule has 18 heavy (non-hydrogen) atoms. The molecule has 0 aliphatic heterocycles. The van der Waals surface area contributed by atoms with Gasteiger partial charge >= 0.3 is 5.76 Å². The lowest BCUT2D eigenvalue weighted by atomic mass is 10.4. The maximum absolute atomic E-state index is 12.2. The van der Waals surface area contributed by atoms with Crippen molar-refractivity contribution in [3.63, 3.8) is 0 Å². The van der Waals surface area contributed by atoms with Crippen LogP contribution in [0.25, 0.3) is 0 Å². The Hall–Kier alpha value is -1.06. The van der Waals surface area contributed by atoms with E-state index in [1.165, 1.54) is 14.1 Å². The molecule has 0 radical (unpaired) electrons. The van der Waals surface area contributed by atoms with Gasteiger partial charge in [-0.2, -0.15) is 8.78 Å². The minimum absolute atomic E-state index is 0.166. The van der Waals surface area contributed by atoms with Gasteiger partial charge in [-0.25, -0.2) is 21.1 Å². The molecule has 0 unspecified atom stereocenters. The fraction of sp³-hybridized carbons (Fsp3) is 0.333. The lowest BCUT2D eigenvalue weighted by Gasteiger charge is -2.11. The van der Waals surface area contributed by atoms with Gasteiger partial charge in [0.2, 0.25) is 19.9 Å². The van der Waals surface area contributed by atoms with E-state index in [1.54, 1.807) is 0 Å². The van der Waals surface area contributed by atoms with Crippen LogP contribution in [0.3, 0.4) is 0 Å². The van der Waals surface area contributed by atoms with Crippen LogP contribution in [0.2, 0.25) is 0 Å². The lowest BCUT2D eigenvalue weighted by molar-refractivity contribution is 0.234. The highest BCUT2D eigenvalue weighted by Crippen LogP contribution is 2.21. The Morgan fingerprint density at radius 3 is 1.67 bits per heavy atom. The molecule has 0 aliphatic carbocycles. The molecule has 102 valence electrons. The van der Waals surface area contributed by atoms with Crippen LogP contribution in [0.4, 0.5) is 8.78 Å². The Kier molecular flexibility index (Phi) is 4.08. The molecule has 0 amide bonds. The number of benzene rings is 1. The van der Waals surface area contributed by atoms with Gasteiger partial charge in [0, 0.05) is 14.1 Å². The summed E-state index contributed by atoms with van der Waals surface area (Å²) < 4.78 is 71.0. The Morgan fingerprint density at radius 1 is 0.944 bits per heavy atom. The smallest absolute Gasteiger partial charge is 0.218 e. The molecule has 0 fully saturated rings. The van der Waals surface area contributed by atoms with Crippen molar-refractivity contribution in [1.29, 1.82) is 0 Å². The Morgan fingerprint density at radius 2 is 1.33 bits per heavy atom. The van der Waals surface area contributed by atoms with Crippen molar-refractivity contribution < 1.29 is 25.6 Å². The molecule has 1 aromatic rings. The molecule has 0 bridgehead atoms. The van der Waals surface area contributed by atoms with Gasteiger partial charge < -0.3 is 0 Å².